The zero-order valence-corrected chi connectivity index (χ0v) is 11.5. The Labute approximate surface area is 125 Å². The van der Waals surface area contributed by atoms with Crippen LogP contribution in [0.5, 0.6) is 5.75 Å². The maximum absolute atomic E-state index is 12.4. The fourth-order valence-electron chi connectivity index (χ4n) is 2.17. The summed E-state index contributed by atoms with van der Waals surface area (Å²) in [6, 6.07) is 13.2. The van der Waals surface area contributed by atoms with Crippen molar-refractivity contribution in [1.29, 1.82) is 0 Å². The van der Waals surface area contributed by atoms with Gasteiger partial charge in [-0.2, -0.15) is 0 Å². The van der Waals surface area contributed by atoms with Crippen molar-refractivity contribution in [3.05, 3.63) is 65.2 Å². The first-order valence-corrected chi connectivity index (χ1v) is 6.60. The summed E-state index contributed by atoms with van der Waals surface area (Å²) in [5.74, 6) is -0.940. The molecule has 2 aromatic carbocycles. The van der Waals surface area contributed by atoms with Gasteiger partial charge in [0.15, 0.2) is 0 Å². The summed E-state index contributed by atoms with van der Waals surface area (Å²) in [6.07, 6.45) is 1.30. The lowest BCUT2D eigenvalue weighted by atomic mass is 10.1. The second kappa shape index (κ2) is 5.07. The minimum absolute atomic E-state index is 0.0845. The quantitative estimate of drug-likeness (QED) is 0.867. The highest BCUT2D eigenvalue weighted by molar-refractivity contribution is 6.43. The normalized spacial score (nSPS) is 14.5. The van der Waals surface area contributed by atoms with Gasteiger partial charge in [-0.15, -0.1) is 0 Å². The molecule has 0 unspecified atom stereocenters. The number of carbonyl (C=O) groups is 2. The van der Waals surface area contributed by atoms with Gasteiger partial charge in [-0.25, -0.2) is 4.90 Å². The molecule has 5 heteroatoms. The zero-order chi connectivity index (χ0) is 15.0. The van der Waals surface area contributed by atoms with E-state index in [1.54, 1.807) is 24.3 Å². The lowest BCUT2D eigenvalue weighted by molar-refractivity contribution is -0.119. The number of hydrogen-bond acceptors (Lipinski definition) is 3. The molecule has 0 radical (unpaired) electrons. The number of nitrogens with zero attached hydrogens (tertiary/aromatic N) is 1. The number of phenols is 1. The molecule has 1 heterocycles. The van der Waals surface area contributed by atoms with E-state index in [0.717, 1.165) is 4.90 Å². The standard InChI is InChI=1S/C16H10ClNO3/c17-13-8-11(6-7-14(13)19)18-15(20)9-12(16(18)21)10-4-2-1-3-5-10/h1-9,19H. The third kappa shape index (κ3) is 2.30. The molecule has 0 aromatic heterocycles. The Bertz CT molecular complexity index is 768. The highest BCUT2D eigenvalue weighted by Gasteiger charge is 2.33. The summed E-state index contributed by atoms with van der Waals surface area (Å²) >= 11 is 5.82. The Morgan fingerprint density at radius 3 is 2.38 bits per heavy atom. The van der Waals surface area contributed by atoms with Crippen molar-refractivity contribution >= 4 is 34.7 Å². The van der Waals surface area contributed by atoms with Crippen molar-refractivity contribution in [2.45, 2.75) is 0 Å². The van der Waals surface area contributed by atoms with Crippen molar-refractivity contribution in [3.8, 4) is 5.75 Å². The predicted molar refractivity (Wildman–Crippen MR) is 80.0 cm³/mol. The molecule has 0 saturated heterocycles. The monoisotopic (exact) mass is 299 g/mol. The van der Waals surface area contributed by atoms with Crippen LogP contribution in [-0.2, 0) is 9.59 Å². The molecule has 2 amide bonds. The molecule has 0 spiro atoms. The van der Waals surface area contributed by atoms with E-state index in [1.165, 1.54) is 24.3 Å². The zero-order valence-electron chi connectivity index (χ0n) is 10.8. The lowest BCUT2D eigenvalue weighted by Gasteiger charge is -2.15. The van der Waals surface area contributed by atoms with Crippen LogP contribution in [0.15, 0.2) is 54.6 Å². The molecule has 21 heavy (non-hydrogen) atoms. The Morgan fingerprint density at radius 2 is 1.71 bits per heavy atom. The van der Waals surface area contributed by atoms with Crippen LogP contribution < -0.4 is 4.90 Å². The fraction of sp³-hybridized carbons (Fsp3) is 0. The summed E-state index contributed by atoms with van der Waals surface area (Å²) < 4.78 is 0. The van der Waals surface area contributed by atoms with Gasteiger partial charge < -0.3 is 5.11 Å². The van der Waals surface area contributed by atoms with Gasteiger partial charge in [0, 0.05) is 6.08 Å². The molecule has 0 bridgehead atoms. The van der Waals surface area contributed by atoms with Crippen molar-refractivity contribution in [3.63, 3.8) is 0 Å². The first-order valence-electron chi connectivity index (χ1n) is 6.22. The van der Waals surface area contributed by atoms with Crippen molar-refractivity contribution in [2.24, 2.45) is 0 Å². The smallest absolute Gasteiger partial charge is 0.266 e. The van der Waals surface area contributed by atoms with E-state index in [9.17, 15) is 14.7 Å². The highest BCUT2D eigenvalue weighted by atomic mass is 35.5. The van der Waals surface area contributed by atoms with Gasteiger partial charge in [-0.3, -0.25) is 9.59 Å². The predicted octanol–water partition coefficient (Wildman–Crippen LogP) is 3.00. The topological polar surface area (TPSA) is 57.6 Å². The molecular formula is C16H10ClNO3. The number of aromatic hydroxyl groups is 1. The van der Waals surface area contributed by atoms with Gasteiger partial charge in [0.05, 0.1) is 16.3 Å². The van der Waals surface area contributed by atoms with Crippen LogP contribution in [0.1, 0.15) is 5.56 Å². The maximum atomic E-state index is 12.4. The van der Waals surface area contributed by atoms with Crippen molar-refractivity contribution < 1.29 is 14.7 Å². The van der Waals surface area contributed by atoms with E-state index in [2.05, 4.69) is 0 Å². The van der Waals surface area contributed by atoms with Crippen LogP contribution in [0.3, 0.4) is 0 Å². The summed E-state index contributed by atoms with van der Waals surface area (Å²) in [7, 11) is 0. The van der Waals surface area contributed by atoms with E-state index < -0.39 is 11.8 Å². The third-order valence-electron chi connectivity index (χ3n) is 3.20. The lowest BCUT2D eigenvalue weighted by Crippen LogP contribution is -2.30. The molecule has 4 nitrogen and oxygen atoms in total. The second-order valence-corrected chi connectivity index (χ2v) is 4.95. The number of amides is 2. The van der Waals surface area contributed by atoms with Crippen LogP contribution in [0.4, 0.5) is 5.69 Å². The molecule has 1 aliphatic rings. The first-order chi connectivity index (χ1) is 10.1. The van der Waals surface area contributed by atoms with Gasteiger partial charge in [0.2, 0.25) is 0 Å². The largest absolute Gasteiger partial charge is 0.506 e. The molecule has 1 aliphatic heterocycles. The molecule has 2 aromatic rings. The Morgan fingerprint density at radius 1 is 1.00 bits per heavy atom. The average Bonchev–Trinajstić information content (AvgIpc) is 2.78. The second-order valence-electron chi connectivity index (χ2n) is 4.54. The summed E-state index contributed by atoms with van der Waals surface area (Å²) in [4.78, 5) is 25.6. The molecule has 104 valence electrons. The minimum Gasteiger partial charge on any atom is -0.506 e. The van der Waals surface area contributed by atoms with E-state index in [1.807, 2.05) is 6.07 Å². The van der Waals surface area contributed by atoms with Crippen LogP contribution in [-0.4, -0.2) is 16.9 Å². The first kappa shape index (κ1) is 13.4. The van der Waals surface area contributed by atoms with E-state index >= 15 is 0 Å². The summed E-state index contributed by atoms with van der Waals surface area (Å²) in [5, 5.41) is 9.50. The van der Waals surface area contributed by atoms with Gasteiger partial charge in [0.25, 0.3) is 11.8 Å². The fourth-order valence-corrected chi connectivity index (χ4v) is 2.35. The number of phenolic OH excluding ortho intramolecular Hbond substituents is 1. The van der Waals surface area contributed by atoms with Gasteiger partial charge in [-0.05, 0) is 23.8 Å². The SMILES string of the molecule is O=C1C=C(c2ccccc2)C(=O)N1c1ccc(O)c(Cl)c1. The molecule has 0 aliphatic carbocycles. The maximum Gasteiger partial charge on any atom is 0.266 e. The summed E-state index contributed by atoms with van der Waals surface area (Å²) in [6.45, 7) is 0. The van der Waals surface area contributed by atoms with E-state index in [-0.39, 0.29) is 10.8 Å². The van der Waals surface area contributed by atoms with Gasteiger partial charge >= 0.3 is 0 Å². The molecular weight excluding hydrogens is 290 g/mol. The number of halogens is 1. The Balaban J connectivity index is 1.99. The summed E-state index contributed by atoms with van der Waals surface area (Å²) in [5.41, 5.74) is 1.35. The average molecular weight is 300 g/mol. The van der Waals surface area contributed by atoms with Crippen molar-refractivity contribution in [1.82, 2.24) is 0 Å². The Hall–Kier alpha value is -2.59. The van der Waals surface area contributed by atoms with Gasteiger partial charge in [0.1, 0.15) is 5.75 Å². The van der Waals surface area contributed by atoms with E-state index in [4.69, 9.17) is 11.6 Å². The van der Waals surface area contributed by atoms with Crippen LogP contribution in [0.25, 0.3) is 5.57 Å². The van der Waals surface area contributed by atoms with Crippen LogP contribution in [0, 0.1) is 0 Å². The Kier molecular flexibility index (Phi) is 3.23. The highest BCUT2D eigenvalue weighted by Crippen LogP contribution is 2.32. The number of benzene rings is 2. The van der Waals surface area contributed by atoms with Crippen LogP contribution in [0.2, 0.25) is 5.02 Å². The van der Waals surface area contributed by atoms with E-state index in [0.29, 0.717) is 16.8 Å². The molecule has 0 atom stereocenters. The number of anilines is 1. The van der Waals surface area contributed by atoms with Crippen molar-refractivity contribution in [2.75, 3.05) is 4.90 Å². The number of imide groups is 1. The number of rotatable bonds is 2. The molecule has 0 saturated carbocycles. The number of carbonyl (C=O) groups excluding carboxylic acids is 2. The van der Waals surface area contributed by atoms with Crippen LogP contribution >= 0.6 is 11.6 Å². The molecule has 3 rings (SSSR count). The molecule has 0 fully saturated rings. The third-order valence-corrected chi connectivity index (χ3v) is 3.50. The van der Waals surface area contributed by atoms with Gasteiger partial charge in [-0.1, -0.05) is 41.9 Å². The number of hydrogen-bond donors (Lipinski definition) is 1. The minimum atomic E-state index is -0.430. The molecule has 1 N–H and O–H groups in total.